The molecule has 0 saturated carbocycles. The van der Waals surface area contributed by atoms with E-state index in [2.05, 4.69) is 30.4 Å². The zero-order valence-electron chi connectivity index (χ0n) is 15.6. The molecule has 0 aliphatic carbocycles. The van der Waals surface area contributed by atoms with Crippen molar-refractivity contribution in [1.82, 2.24) is 44.1 Å². The first kappa shape index (κ1) is 18.2. The van der Waals surface area contributed by atoms with Crippen LogP contribution in [0.3, 0.4) is 0 Å². The number of nitrogens with zero attached hydrogens (tertiary/aromatic N) is 9. The lowest BCUT2D eigenvalue weighted by Crippen LogP contribution is -2.17. The molecule has 0 fully saturated rings. The van der Waals surface area contributed by atoms with E-state index in [-0.39, 0.29) is 6.04 Å². The Kier molecular flexibility index (Phi) is 4.01. The Morgan fingerprint density at radius 3 is 2.80 bits per heavy atom. The second kappa shape index (κ2) is 6.61. The highest BCUT2D eigenvalue weighted by Gasteiger charge is 2.28. The third-order valence-corrected chi connectivity index (χ3v) is 4.72. The van der Waals surface area contributed by atoms with E-state index in [9.17, 15) is 13.2 Å². The number of aromatic nitrogens is 9. The SMILES string of the molecule is CC(c1ccc2nccn2c1)n1nnc2ncc(-c3cnn(CC(F)(F)F)c3)nc21. The zero-order chi connectivity index (χ0) is 20.9. The predicted octanol–water partition coefficient (Wildman–Crippen LogP) is 2.90. The van der Waals surface area contributed by atoms with Gasteiger partial charge < -0.3 is 4.40 Å². The van der Waals surface area contributed by atoms with Crippen molar-refractivity contribution in [2.75, 3.05) is 0 Å². The van der Waals surface area contributed by atoms with E-state index in [0.717, 1.165) is 15.9 Å². The molecule has 0 N–H and O–H groups in total. The molecule has 152 valence electrons. The van der Waals surface area contributed by atoms with Crippen LogP contribution in [0.5, 0.6) is 0 Å². The number of hydrogen-bond donors (Lipinski definition) is 0. The van der Waals surface area contributed by atoms with E-state index in [1.807, 2.05) is 35.9 Å². The first-order valence-electron chi connectivity index (χ1n) is 8.97. The first-order valence-corrected chi connectivity index (χ1v) is 8.97. The van der Waals surface area contributed by atoms with Crippen LogP contribution in [0.25, 0.3) is 28.2 Å². The largest absolute Gasteiger partial charge is 0.408 e. The van der Waals surface area contributed by atoms with Crippen LogP contribution in [-0.4, -0.2) is 50.3 Å². The van der Waals surface area contributed by atoms with Crippen LogP contribution >= 0.6 is 0 Å². The summed E-state index contributed by atoms with van der Waals surface area (Å²) in [5.41, 5.74) is 3.36. The second-order valence-electron chi connectivity index (χ2n) is 6.81. The summed E-state index contributed by atoms with van der Waals surface area (Å²) in [6.45, 7) is 0.776. The monoisotopic (exact) mass is 413 g/mol. The van der Waals surface area contributed by atoms with Gasteiger partial charge in [-0.2, -0.15) is 18.3 Å². The summed E-state index contributed by atoms with van der Waals surface area (Å²) >= 11 is 0. The topological polar surface area (TPSA) is 91.6 Å². The average molecular weight is 413 g/mol. The van der Waals surface area contributed by atoms with Gasteiger partial charge in [-0.3, -0.25) is 4.68 Å². The Balaban J connectivity index is 1.51. The number of halogens is 3. The summed E-state index contributed by atoms with van der Waals surface area (Å²) < 4.78 is 42.1. The van der Waals surface area contributed by atoms with Crippen molar-refractivity contribution in [1.29, 1.82) is 0 Å². The summed E-state index contributed by atoms with van der Waals surface area (Å²) in [6, 6.07) is 3.63. The second-order valence-corrected chi connectivity index (χ2v) is 6.81. The average Bonchev–Trinajstić information content (AvgIpc) is 3.44. The summed E-state index contributed by atoms with van der Waals surface area (Å²) in [5, 5.41) is 12.0. The minimum atomic E-state index is -4.35. The molecular weight excluding hydrogens is 399 g/mol. The van der Waals surface area contributed by atoms with Gasteiger partial charge in [0.05, 0.1) is 24.1 Å². The van der Waals surface area contributed by atoms with E-state index in [1.54, 1.807) is 10.9 Å². The molecule has 5 heterocycles. The molecule has 12 heteroatoms. The fourth-order valence-corrected chi connectivity index (χ4v) is 3.22. The Bertz CT molecular complexity index is 1350. The summed E-state index contributed by atoms with van der Waals surface area (Å²) in [5.74, 6) is 0. The molecule has 0 aliphatic rings. The highest BCUT2D eigenvalue weighted by atomic mass is 19.4. The van der Waals surface area contributed by atoms with Gasteiger partial charge in [-0.25, -0.2) is 19.6 Å². The van der Waals surface area contributed by atoms with E-state index in [0.29, 0.717) is 22.6 Å². The number of alkyl halides is 3. The van der Waals surface area contributed by atoms with E-state index in [4.69, 9.17) is 0 Å². The molecule has 30 heavy (non-hydrogen) atoms. The van der Waals surface area contributed by atoms with Crippen molar-refractivity contribution < 1.29 is 13.2 Å². The molecule has 0 saturated heterocycles. The molecule has 9 nitrogen and oxygen atoms in total. The van der Waals surface area contributed by atoms with Crippen molar-refractivity contribution in [2.24, 2.45) is 0 Å². The third-order valence-electron chi connectivity index (χ3n) is 4.72. The van der Waals surface area contributed by atoms with Gasteiger partial charge in [0, 0.05) is 30.4 Å². The minimum absolute atomic E-state index is 0.209. The van der Waals surface area contributed by atoms with Crippen LogP contribution in [0.15, 0.2) is 49.3 Å². The van der Waals surface area contributed by atoms with Crippen molar-refractivity contribution in [3.63, 3.8) is 0 Å². The van der Waals surface area contributed by atoms with Crippen LogP contribution in [0.2, 0.25) is 0 Å². The number of pyridine rings is 1. The van der Waals surface area contributed by atoms with Crippen LogP contribution in [0.1, 0.15) is 18.5 Å². The third kappa shape index (κ3) is 3.25. The van der Waals surface area contributed by atoms with Crippen molar-refractivity contribution >= 4 is 16.9 Å². The Labute approximate surface area is 166 Å². The quantitative estimate of drug-likeness (QED) is 0.450. The lowest BCUT2D eigenvalue weighted by Gasteiger charge is -2.13. The molecule has 5 aromatic heterocycles. The smallest absolute Gasteiger partial charge is 0.307 e. The van der Waals surface area contributed by atoms with Gasteiger partial charge in [0.2, 0.25) is 5.65 Å². The summed E-state index contributed by atoms with van der Waals surface area (Å²) in [6.07, 6.45) is 5.21. The molecule has 0 amide bonds. The van der Waals surface area contributed by atoms with Crippen LogP contribution in [-0.2, 0) is 6.54 Å². The van der Waals surface area contributed by atoms with Gasteiger partial charge in [0.15, 0.2) is 5.65 Å². The van der Waals surface area contributed by atoms with Crippen molar-refractivity contribution in [2.45, 2.75) is 25.7 Å². The molecule has 0 spiro atoms. The Hall–Kier alpha value is -3.83. The zero-order valence-corrected chi connectivity index (χ0v) is 15.6. The Morgan fingerprint density at radius 1 is 1.10 bits per heavy atom. The lowest BCUT2D eigenvalue weighted by atomic mass is 10.1. The minimum Gasteiger partial charge on any atom is -0.307 e. The van der Waals surface area contributed by atoms with E-state index in [1.165, 1.54) is 18.6 Å². The van der Waals surface area contributed by atoms with Crippen LogP contribution in [0.4, 0.5) is 13.2 Å². The maximum absolute atomic E-state index is 12.6. The fourth-order valence-electron chi connectivity index (χ4n) is 3.22. The van der Waals surface area contributed by atoms with Crippen molar-refractivity contribution in [3.05, 3.63) is 54.9 Å². The van der Waals surface area contributed by atoms with Gasteiger partial charge in [-0.1, -0.05) is 11.3 Å². The lowest BCUT2D eigenvalue weighted by molar-refractivity contribution is -0.142. The number of rotatable bonds is 4. The Morgan fingerprint density at radius 2 is 1.97 bits per heavy atom. The van der Waals surface area contributed by atoms with Gasteiger partial charge >= 0.3 is 6.18 Å². The summed E-state index contributed by atoms with van der Waals surface area (Å²) in [7, 11) is 0. The van der Waals surface area contributed by atoms with Crippen molar-refractivity contribution in [3.8, 4) is 11.3 Å². The maximum Gasteiger partial charge on any atom is 0.408 e. The fraction of sp³-hybridized carbons (Fsp3) is 0.222. The van der Waals surface area contributed by atoms with E-state index >= 15 is 0 Å². The van der Waals surface area contributed by atoms with Gasteiger partial charge in [-0.05, 0) is 18.6 Å². The highest BCUT2D eigenvalue weighted by molar-refractivity contribution is 5.69. The normalized spacial score (nSPS) is 13.3. The molecule has 5 aromatic rings. The summed E-state index contributed by atoms with van der Waals surface area (Å²) in [4.78, 5) is 13.0. The van der Waals surface area contributed by atoms with Gasteiger partial charge in [0.1, 0.15) is 12.2 Å². The standard InChI is InChI=1S/C18H14F3N9/c1-11(12-2-3-15-22-4-5-28(15)8-12)30-17-16(26-27-30)23-7-14(25-17)13-6-24-29(9-13)10-18(19,20)21/h2-9,11H,10H2,1H3. The maximum atomic E-state index is 12.6. The molecular formula is C18H14F3N9. The molecule has 1 unspecified atom stereocenters. The van der Waals surface area contributed by atoms with E-state index < -0.39 is 12.7 Å². The van der Waals surface area contributed by atoms with Crippen LogP contribution in [0, 0.1) is 0 Å². The molecule has 1 atom stereocenters. The first-order chi connectivity index (χ1) is 14.4. The molecule has 0 bridgehead atoms. The predicted molar refractivity (Wildman–Crippen MR) is 99.4 cm³/mol. The van der Waals surface area contributed by atoms with Crippen LogP contribution < -0.4 is 0 Å². The molecule has 0 radical (unpaired) electrons. The number of fused-ring (bicyclic) bond motifs is 2. The highest BCUT2D eigenvalue weighted by Crippen LogP contribution is 2.24. The van der Waals surface area contributed by atoms with Gasteiger partial charge in [-0.15, -0.1) is 5.10 Å². The molecule has 0 aromatic carbocycles. The molecule has 0 aliphatic heterocycles. The van der Waals surface area contributed by atoms with Gasteiger partial charge in [0.25, 0.3) is 0 Å². The number of hydrogen-bond acceptors (Lipinski definition) is 6. The molecule has 5 rings (SSSR count). The number of imidazole rings is 1.